The van der Waals surface area contributed by atoms with Crippen LogP contribution in [0.3, 0.4) is 0 Å². The van der Waals surface area contributed by atoms with Gasteiger partial charge < -0.3 is 19.1 Å². The molecule has 3 saturated heterocycles. The van der Waals surface area contributed by atoms with Crippen molar-refractivity contribution in [3.63, 3.8) is 0 Å². The Labute approximate surface area is 202 Å². The average Bonchev–Trinajstić information content (AvgIpc) is 3.48. The molecule has 1 aromatic carbocycles. The number of hydrogen-bond donors (Lipinski definition) is 0. The normalized spacial score (nSPS) is 22.5. The molecule has 3 aliphatic heterocycles. The number of carbonyl (C=O) groups excluding carboxylic acids is 2. The predicted octanol–water partition coefficient (Wildman–Crippen LogP) is 3.59. The van der Waals surface area contributed by atoms with Gasteiger partial charge in [0, 0.05) is 57.3 Å². The van der Waals surface area contributed by atoms with Gasteiger partial charge in [-0.1, -0.05) is 16.8 Å². The second-order valence-corrected chi connectivity index (χ2v) is 9.82. The first-order valence-electron chi connectivity index (χ1n) is 11.9. The number of anilines is 1. The van der Waals surface area contributed by atoms with Gasteiger partial charge in [-0.15, -0.1) is 0 Å². The van der Waals surface area contributed by atoms with E-state index in [-0.39, 0.29) is 29.8 Å². The number of hydrogen-bond acceptors (Lipinski definition) is 6. The van der Waals surface area contributed by atoms with Gasteiger partial charge in [0.2, 0.25) is 17.7 Å². The zero-order valence-corrected chi connectivity index (χ0v) is 19.7. The molecule has 182 valence electrons. The Morgan fingerprint density at radius 1 is 1.18 bits per heavy atom. The Morgan fingerprint density at radius 3 is 2.68 bits per heavy atom. The number of carbonyl (C=O) groups is 2. The Bertz CT molecular complexity index is 1050. The van der Waals surface area contributed by atoms with E-state index in [1.807, 2.05) is 4.90 Å². The van der Waals surface area contributed by atoms with Gasteiger partial charge in [0.05, 0.1) is 10.9 Å². The van der Waals surface area contributed by atoms with Crippen molar-refractivity contribution in [3.8, 4) is 0 Å². The topological polar surface area (TPSA) is 88.8 Å². The molecule has 0 saturated carbocycles. The molecule has 1 unspecified atom stereocenters. The first-order chi connectivity index (χ1) is 16.5. The van der Waals surface area contributed by atoms with Crippen molar-refractivity contribution >= 4 is 29.1 Å². The van der Waals surface area contributed by atoms with Crippen molar-refractivity contribution in [2.45, 2.75) is 44.4 Å². The fourth-order valence-corrected chi connectivity index (χ4v) is 5.29. The minimum Gasteiger partial charge on any atom is -0.381 e. The third-order valence-electron chi connectivity index (χ3n) is 7.15. The maximum absolute atomic E-state index is 13.5. The van der Waals surface area contributed by atoms with Gasteiger partial charge in [-0.3, -0.25) is 9.59 Å². The molecule has 0 N–H and O–H groups in total. The fourth-order valence-electron chi connectivity index (χ4n) is 5.11. The highest BCUT2D eigenvalue weighted by Crippen LogP contribution is 2.31. The standard InChI is InChI=1S/C24H28ClFN4O4/c25-19-13-18(1-2-20(19)26)30-14-17(12-22(30)31)24(32)29-7-3-15(4-8-29)11-21-27-23(28-34-21)16-5-9-33-10-6-16/h1-2,13,15-17H,3-12,14H2. The highest BCUT2D eigenvalue weighted by atomic mass is 35.5. The largest absolute Gasteiger partial charge is 0.381 e. The molecule has 34 heavy (non-hydrogen) atoms. The van der Waals surface area contributed by atoms with Crippen LogP contribution in [0.2, 0.25) is 5.02 Å². The smallest absolute Gasteiger partial charge is 0.228 e. The summed E-state index contributed by atoms with van der Waals surface area (Å²) in [6.07, 6.45) is 4.45. The van der Waals surface area contributed by atoms with Crippen LogP contribution in [0.4, 0.5) is 10.1 Å². The summed E-state index contributed by atoms with van der Waals surface area (Å²) in [5.41, 5.74) is 0.519. The summed E-state index contributed by atoms with van der Waals surface area (Å²) in [7, 11) is 0. The lowest BCUT2D eigenvalue weighted by atomic mass is 9.92. The summed E-state index contributed by atoms with van der Waals surface area (Å²) in [5, 5.41) is 4.14. The van der Waals surface area contributed by atoms with Crippen LogP contribution in [0.5, 0.6) is 0 Å². The van der Waals surface area contributed by atoms with Gasteiger partial charge in [0.25, 0.3) is 0 Å². The van der Waals surface area contributed by atoms with E-state index in [2.05, 4.69) is 10.1 Å². The zero-order chi connectivity index (χ0) is 23.7. The summed E-state index contributed by atoms with van der Waals surface area (Å²) >= 11 is 5.86. The summed E-state index contributed by atoms with van der Waals surface area (Å²) in [6.45, 7) is 3.07. The Balaban J connectivity index is 1.12. The second-order valence-electron chi connectivity index (χ2n) is 9.41. The maximum atomic E-state index is 13.5. The van der Waals surface area contributed by atoms with E-state index in [1.54, 1.807) is 0 Å². The Hall–Kier alpha value is -2.52. The van der Waals surface area contributed by atoms with Crippen molar-refractivity contribution in [2.24, 2.45) is 11.8 Å². The first-order valence-corrected chi connectivity index (χ1v) is 12.3. The van der Waals surface area contributed by atoms with Crippen molar-refractivity contribution in [3.05, 3.63) is 40.8 Å². The lowest BCUT2D eigenvalue weighted by Gasteiger charge is -2.33. The molecule has 0 aliphatic carbocycles. The Morgan fingerprint density at radius 2 is 1.94 bits per heavy atom. The second kappa shape index (κ2) is 10.00. The van der Waals surface area contributed by atoms with E-state index in [0.29, 0.717) is 36.5 Å². The highest BCUT2D eigenvalue weighted by Gasteiger charge is 2.38. The number of amides is 2. The third-order valence-corrected chi connectivity index (χ3v) is 7.44. The van der Waals surface area contributed by atoms with Gasteiger partial charge >= 0.3 is 0 Å². The quantitative estimate of drug-likeness (QED) is 0.636. The number of benzene rings is 1. The molecule has 10 heteroatoms. The third kappa shape index (κ3) is 4.95. The molecule has 3 aliphatic rings. The number of aromatic nitrogens is 2. The average molecular weight is 491 g/mol. The monoisotopic (exact) mass is 490 g/mol. The minimum absolute atomic E-state index is 0.00195. The van der Waals surface area contributed by atoms with Gasteiger partial charge in [0.1, 0.15) is 5.82 Å². The number of likely N-dealkylation sites (tertiary alicyclic amines) is 1. The fraction of sp³-hybridized carbons (Fsp3) is 0.583. The number of piperidine rings is 1. The van der Waals surface area contributed by atoms with E-state index in [0.717, 1.165) is 51.1 Å². The predicted molar refractivity (Wildman–Crippen MR) is 122 cm³/mol. The lowest BCUT2D eigenvalue weighted by Crippen LogP contribution is -2.42. The Kier molecular flexibility index (Phi) is 6.83. The first kappa shape index (κ1) is 23.2. The summed E-state index contributed by atoms with van der Waals surface area (Å²) < 4.78 is 24.4. The molecule has 1 atom stereocenters. The molecular formula is C24H28ClFN4O4. The molecule has 1 aromatic heterocycles. The van der Waals surface area contributed by atoms with Gasteiger partial charge in [-0.25, -0.2) is 4.39 Å². The molecule has 2 aromatic rings. The molecule has 0 bridgehead atoms. The summed E-state index contributed by atoms with van der Waals surface area (Å²) in [6, 6.07) is 4.18. The van der Waals surface area contributed by atoms with Crippen molar-refractivity contribution in [1.29, 1.82) is 0 Å². The van der Waals surface area contributed by atoms with E-state index in [4.69, 9.17) is 20.9 Å². The molecule has 5 rings (SSSR count). The lowest BCUT2D eigenvalue weighted by molar-refractivity contribution is -0.137. The van der Waals surface area contributed by atoms with Crippen LogP contribution in [-0.2, 0) is 20.7 Å². The summed E-state index contributed by atoms with van der Waals surface area (Å²) in [5.74, 6) is 1.07. The van der Waals surface area contributed by atoms with E-state index in [1.165, 1.54) is 23.1 Å². The molecule has 2 amide bonds. The van der Waals surface area contributed by atoms with Crippen molar-refractivity contribution < 1.29 is 23.2 Å². The van der Waals surface area contributed by atoms with Crippen LogP contribution < -0.4 is 4.90 Å². The molecule has 3 fully saturated rings. The molecular weight excluding hydrogens is 463 g/mol. The van der Waals surface area contributed by atoms with Gasteiger partial charge in [-0.05, 0) is 49.8 Å². The maximum Gasteiger partial charge on any atom is 0.228 e. The van der Waals surface area contributed by atoms with Gasteiger partial charge in [-0.2, -0.15) is 4.98 Å². The number of ether oxygens (including phenoxy) is 1. The van der Waals surface area contributed by atoms with Crippen LogP contribution in [0.25, 0.3) is 0 Å². The van der Waals surface area contributed by atoms with E-state index >= 15 is 0 Å². The molecule has 0 radical (unpaired) electrons. The summed E-state index contributed by atoms with van der Waals surface area (Å²) in [4.78, 5) is 33.6. The minimum atomic E-state index is -0.534. The van der Waals surface area contributed by atoms with Crippen LogP contribution in [0, 0.1) is 17.7 Å². The van der Waals surface area contributed by atoms with Crippen LogP contribution in [0.15, 0.2) is 22.7 Å². The van der Waals surface area contributed by atoms with Crippen molar-refractivity contribution in [2.75, 3.05) is 37.7 Å². The van der Waals surface area contributed by atoms with Gasteiger partial charge in [0.15, 0.2) is 5.82 Å². The van der Waals surface area contributed by atoms with E-state index in [9.17, 15) is 14.0 Å². The van der Waals surface area contributed by atoms with E-state index < -0.39 is 11.7 Å². The van der Waals surface area contributed by atoms with Crippen LogP contribution in [0.1, 0.15) is 49.7 Å². The number of halogens is 2. The van der Waals surface area contributed by atoms with Crippen LogP contribution in [-0.4, -0.2) is 59.7 Å². The number of nitrogens with zero attached hydrogens (tertiary/aromatic N) is 4. The SMILES string of the molecule is O=C(C1CC(=O)N(c2ccc(F)c(Cl)c2)C1)N1CCC(Cc2nc(C3CCOCC3)no2)CC1. The highest BCUT2D eigenvalue weighted by molar-refractivity contribution is 6.31. The molecule has 0 spiro atoms. The van der Waals surface area contributed by atoms with Crippen molar-refractivity contribution in [1.82, 2.24) is 15.0 Å². The molecule has 4 heterocycles. The number of rotatable bonds is 5. The zero-order valence-electron chi connectivity index (χ0n) is 18.9. The molecule has 8 nitrogen and oxygen atoms in total. The van der Waals surface area contributed by atoms with Crippen LogP contribution >= 0.6 is 11.6 Å².